The predicted molar refractivity (Wildman–Crippen MR) is 84.8 cm³/mol. The van der Waals surface area contributed by atoms with Crippen LogP contribution < -0.4 is 5.32 Å². The van der Waals surface area contributed by atoms with E-state index in [9.17, 15) is 4.79 Å². The topological polar surface area (TPSA) is 50.7 Å². The van der Waals surface area contributed by atoms with Crippen LogP contribution in [0.3, 0.4) is 0 Å². The first-order valence-corrected chi connectivity index (χ1v) is 6.79. The number of aryl methyl sites for hydroxylation is 1. The van der Waals surface area contributed by atoms with Crippen LogP contribution >= 0.6 is 11.6 Å². The number of amides is 1. The highest BCUT2D eigenvalue weighted by Gasteiger charge is 2.02. The normalized spacial score (nSPS) is 10.6. The molecule has 0 heterocycles. The summed E-state index contributed by atoms with van der Waals surface area (Å²) < 4.78 is 0. The molecule has 0 saturated carbocycles. The van der Waals surface area contributed by atoms with Crippen LogP contribution in [0.5, 0.6) is 0 Å². The van der Waals surface area contributed by atoms with Crippen molar-refractivity contribution < 1.29 is 9.63 Å². The SMILES string of the molecule is Cc1ccccc1/C=N\OCC(=O)Nc1ccc(Cl)cc1. The number of halogens is 1. The molecule has 2 rings (SSSR count). The quantitative estimate of drug-likeness (QED) is 0.677. The number of carbonyl (C=O) groups excluding carboxylic acids is 1. The van der Waals surface area contributed by atoms with E-state index in [1.165, 1.54) is 0 Å². The minimum Gasteiger partial charge on any atom is -0.386 e. The second-order valence-electron chi connectivity index (χ2n) is 4.42. The Morgan fingerprint density at radius 2 is 1.95 bits per heavy atom. The summed E-state index contributed by atoms with van der Waals surface area (Å²) in [5, 5.41) is 7.09. The zero-order valence-electron chi connectivity index (χ0n) is 11.5. The van der Waals surface area contributed by atoms with Gasteiger partial charge in [0.05, 0.1) is 6.21 Å². The zero-order valence-corrected chi connectivity index (χ0v) is 12.3. The second-order valence-corrected chi connectivity index (χ2v) is 4.86. The van der Waals surface area contributed by atoms with E-state index >= 15 is 0 Å². The van der Waals surface area contributed by atoms with E-state index < -0.39 is 0 Å². The Balaban J connectivity index is 1.79. The molecule has 0 bridgehead atoms. The molecule has 0 spiro atoms. The van der Waals surface area contributed by atoms with E-state index in [4.69, 9.17) is 16.4 Å². The maximum atomic E-state index is 11.6. The van der Waals surface area contributed by atoms with Crippen molar-refractivity contribution in [2.45, 2.75) is 6.92 Å². The van der Waals surface area contributed by atoms with Gasteiger partial charge in [0.2, 0.25) is 0 Å². The first kappa shape index (κ1) is 15.1. The highest BCUT2D eigenvalue weighted by atomic mass is 35.5. The number of carbonyl (C=O) groups is 1. The maximum Gasteiger partial charge on any atom is 0.265 e. The van der Waals surface area contributed by atoms with Crippen molar-refractivity contribution >= 4 is 29.4 Å². The van der Waals surface area contributed by atoms with Gasteiger partial charge in [-0.2, -0.15) is 0 Å². The number of hydrogen-bond acceptors (Lipinski definition) is 3. The molecule has 21 heavy (non-hydrogen) atoms. The lowest BCUT2D eigenvalue weighted by Gasteiger charge is -2.04. The van der Waals surface area contributed by atoms with E-state index in [0.29, 0.717) is 10.7 Å². The Labute approximate surface area is 128 Å². The smallest absolute Gasteiger partial charge is 0.265 e. The minimum atomic E-state index is -0.278. The molecule has 0 fully saturated rings. The van der Waals surface area contributed by atoms with Crippen LogP contribution in [0, 0.1) is 6.92 Å². The third-order valence-electron chi connectivity index (χ3n) is 2.78. The Hall–Kier alpha value is -2.33. The van der Waals surface area contributed by atoms with Crippen molar-refractivity contribution in [2.24, 2.45) is 5.16 Å². The fraction of sp³-hybridized carbons (Fsp3) is 0.125. The van der Waals surface area contributed by atoms with Gasteiger partial charge in [0.25, 0.3) is 5.91 Å². The Morgan fingerprint density at radius 3 is 2.67 bits per heavy atom. The summed E-state index contributed by atoms with van der Waals surface area (Å²) in [5.41, 5.74) is 2.71. The molecule has 0 aliphatic carbocycles. The third-order valence-corrected chi connectivity index (χ3v) is 3.03. The number of nitrogens with zero attached hydrogens (tertiary/aromatic N) is 1. The van der Waals surface area contributed by atoms with Crippen molar-refractivity contribution in [3.63, 3.8) is 0 Å². The number of hydrogen-bond donors (Lipinski definition) is 1. The van der Waals surface area contributed by atoms with Gasteiger partial charge in [0, 0.05) is 10.7 Å². The fourth-order valence-electron chi connectivity index (χ4n) is 1.65. The molecule has 0 saturated heterocycles. The largest absolute Gasteiger partial charge is 0.386 e. The van der Waals surface area contributed by atoms with E-state index in [1.807, 2.05) is 31.2 Å². The van der Waals surface area contributed by atoms with Crippen LogP contribution in [0.4, 0.5) is 5.69 Å². The maximum absolute atomic E-state index is 11.6. The number of rotatable bonds is 5. The van der Waals surface area contributed by atoms with E-state index in [0.717, 1.165) is 11.1 Å². The van der Waals surface area contributed by atoms with Gasteiger partial charge < -0.3 is 10.2 Å². The zero-order chi connectivity index (χ0) is 15.1. The molecule has 0 aliphatic rings. The minimum absolute atomic E-state index is 0.148. The lowest BCUT2D eigenvalue weighted by molar-refractivity contribution is -0.120. The summed E-state index contributed by atoms with van der Waals surface area (Å²) in [4.78, 5) is 16.6. The molecule has 1 amide bonds. The number of anilines is 1. The summed E-state index contributed by atoms with van der Waals surface area (Å²) in [6.45, 7) is 1.83. The van der Waals surface area contributed by atoms with Gasteiger partial charge >= 0.3 is 0 Å². The average Bonchev–Trinajstić information content (AvgIpc) is 2.48. The van der Waals surface area contributed by atoms with Crippen molar-refractivity contribution in [1.29, 1.82) is 0 Å². The standard InChI is InChI=1S/C16H15ClN2O2/c1-12-4-2-3-5-13(12)10-18-21-11-16(20)19-15-8-6-14(17)7-9-15/h2-10H,11H2,1H3,(H,19,20)/b18-10-. The van der Waals surface area contributed by atoms with Gasteiger partial charge in [0.15, 0.2) is 6.61 Å². The fourth-order valence-corrected chi connectivity index (χ4v) is 1.78. The first-order valence-electron chi connectivity index (χ1n) is 6.41. The number of oxime groups is 1. The van der Waals surface area contributed by atoms with Crippen molar-refractivity contribution in [1.82, 2.24) is 0 Å². The molecule has 0 aliphatic heterocycles. The van der Waals surface area contributed by atoms with Gasteiger partial charge in [0.1, 0.15) is 0 Å². The second kappa shape index (κ2) is 7.45. The lowest BCUT2D eigenvalue weighted by atomic mass is 10.1. The molecule has 1 N–H and O–H groups in total. The molecule has 108 valence electrons. The van der Waals surface area contributed by atoms with Crippen LogP contribution in [-0.4, -0.2) is 18.7 Å². The van der Waals surface area contributed by atoms with Gasteiger partial charge in [-0.15, -0.1) is 0 Å². The predicted octanol–water partition coefficient (Wildman–Crippen LogP) is 3.64. The summed E-state index contributed by atoms with van der Waals surface area (Å²) in [7, 11) is 0. The summed E-state index contributed by atoms with van der Waals surface area (Å²) >= 11 is 5.77. The third kappa shape index (κ3) is 4.93. The van der Waals surface area contributed by atoms with Crippen LogP contribution in [0.25, 0.3) is 0 Å². The van der Waals surface area contributed by atoms with Crippen molar-refractivity contribution in [2.75, 3.05) is 11.9 Å². The van der Waals surface area contributed by atoms with Crippen LogP contribution in [0.1, 0.15) is 11.1 Å². The molecular weight excluding hydrogens is 288 g/mol. The Morgan fingerprint density at radius 1 is 1.24 bits per heavy atom. The lowest BCUT2D eigenvalue weighted by Crippen LogP contribution is -2.16. The van der Waals surface area contributed by atoms with Crippen LogP contribution in [0.2, 0.25) is 5.02 Å². The van der Waals surface area contributed by atoms with Crippen LogP contribution in [-0.2, 0) is 9.63 Å². The van der Waals surface area contributed by atoms with E-state index in [-0.39, 0.29) is 12.5 Å². The van der Waals surface area contributed by atoms with Gasteiger partial charge in [-0.25, -0.2) is 0 Å². The van der Waals surface area contributed by atoms with Gasteiger partial charge in [-0.05, 0) is 42.3 Å². The molecule has 2 aromatic carbocycles. The molecule has 0 aromatic heterocycles. The summed E-state index contributed by atoms with van der Waals surface area (Å²) in [5.74, 6) is -0.278. The van der Waals surface area contributed by atoms with E-state index in [2.05, 4.69) is 10.5 Å². The van der Waals surface area contributed by atoms with Crippen molar-refractivity contribution in [3.05, 3.63) is 64.7 Å². The first-order chi connectivity index (χ1) is 10.1. The van der Waals surface area contributed by atoms with Gasteiger partial charge in [-0.1, -0.05) is 41.0 Å². The summed E-state index contributed by atoms with van der Waals surface area (Å²) in [6, 6.07) is 14.6. The Kier molecular flexibility index (Phi) is 5.35. The van der Waals surface area contributed by atoms with Crippen LogP contribution in [0.15, 0.2) is 53.7 Å². The monoisotopic (exact) mass is 302 g/mol. The van der Waals surface area contributed by atoms with E-state index in [1.54, 1.807) is 30.5 Å². The Bertz CT molecular complexity index is 639. The molecule has 0 unspecified atom stereocenters. The molecule has 4 nitrogen and oxygen atoms in total. The average molecular weight is 303 g/mol. The molecule has 2 aromatic rings. The van der Waals surface area contributed by atoms with Gasteiger partial charge in [-0.3, -0.25) is 4.79 Å². The molecular formula is C16H15ClN2O2. The highest BCUT2D eigenvalue weighted by molar-refractivity contribution is 6.30. The number of benzene rings is 2. The molecule has 0 atom stereocenters. The summed E-state index contributed by atoms with van der Waals surface area (Å²) in [6.07, 6.45) is 1.59. The highest BCUT2D eigenvalue weighted by Crippen LogP contribution is 2.13. The molecule has 5 heteroatoms. The number of nitrogens with one attached hydrogen (secondary N) is 1. The molecule has 0 radical (unpaired) electrons. The van der Waals surface area contributed by atoms with Crippen molar-refractivity contribution in [3.8, 4) is 0 Å².